The summed E-state index contributed by atoms with van der Waals surface area (Å²) in [4.78, 5) is 0. The van der Waals surface area contributed by atoms with E-state index >= 15 is 0 Å². The summed E-state index contributed by atoms with van der Waals surface area (Å²) in [6, 6.07) is 0. The lowest BCUT2D eigenvalue weighted by Gasteiger charge is -2.57. The Kier molecular flexibility index (Phi) is 4.17. The molecule has 1 saturated carbocycles. The van der Waals surface area contributed by atoms with Crippen LogP contribution in [0.5, 0.6) is 0 Å². The third-order valence-electron chi connectivity index (χ3n) is 4.73. The zero-order valence-corrected chi connectivity index (χ0v) is 13.3. The summed E-state index contributed by atoms with van der Waals surface area (Å²) in [5.74, 6) is 0.881. The van der Waals surface area contributed by atoms with Gasteiger partial charge in [0.15, 0.2) is 0 Å². The summed E-state index contributed by atoms with van der Waals surface area (Å²) in [6.07, 6.45) is 7.18. The molecular formula is C15H31P. The summed E-state index contributed by atoms with van der Waals surface area (Å²) in [6.45, 7) is 14.5. The highest BCUT2D eigenvalue weighted by Crippen LogP contribution is 2.58. The average Bonchev–Trinajstić information content (AvgIpc) is 2.14. The Balaban J connectivity index is 3.04. The Hall–Kier alpha value is 0.430. The Morgan fingerprint density at radius 3 is 1.44 bits per heavy atom. The molecule has 1 aliphatic rings. The highest BCUT2D eigenvalue weighted by Gasteiger charge is 2.51. The van der Waals surface area contributed by atoms with Crippen LogP contribution in [0.2, 0.25) is 0 Å². The standard InChI is InChI=1S/C15H31P/c1-13(2,3)15(16,14(4,5)6)12-10-8-7-9-11-12/h12H,7-11,16H2,1-6H3. The van der Waals surface area contributed by atoms with Crippen molar-refractivity contribution in [3.63, 3.8) is 0 Å². The first kappa shape index (κ1) is 14.5. The maximum Gasteiger partial charge on any atom is -0.00255 e. The van der Waals surface area contributed by atoms with E-state index in [1.807, 2.05) is 0 Å². The van der Waals surface area contributed by atoms with E-state index in [1.165, 1.54) is 32.1 Å². The maximum atomic E-state index is 3.27. The van der Waals surface area contributed by atoms with E-state index in [2.05, 4.69) is 50.8 Å². The molecule has 0 heterocycles. The molecule has 1 rings (SSSR count). The van der Waals surface area contributed by atoms with Crippen LogP contribution in [0, 0.1) is 16.7 Å². The molecule has 1 aliphatic carbocycles. The maximum absolute atomic E-state index is 3.27. The van der Waals surface area contributed by atoms with Crippen molar-refractivity contribution >= 4 is 9.24 Å². The molecule has 16 heavy (non-hydrogen) atoms. The molecule has 0 aromatic heterocycles. The molecule has 1 heteroatoms. The van der Waals surface area contributed by atoms with E-state index < -0.39 is 0 Å². The van der Waals surface area contributed by atoms with E-state index in [9.17, 15) is 0 Å². The predicted octanol–water partition coefficient (Wildman–Crippen LogP) is 5.27. The van der Waals surface area contributed by atoms with Crippen molar-refractivity contribution in [2.45, 2.75) is 78.8 Å². The van der Waals surface area contributed by atoms with Crippen molar-refractivity contribution in [2.75, 3.05) is 0 Å². The van der Waals surface area contributed by atoms with Gasteiger partial charge in [-0.2, -0.15) is 0 Å². The molecule has 1 atom stereocenters. The molecule has 0 bridgehead atoms. The molecule has 0 radical (unpaired) electrons. The van der Waals surface area contributed by atoms with Gasteiger partial charge in [-0.1, -0.05) is 60.8 Å². The van der Waals surface area contributed by atoms with E-state index in [0.29, 0.717) is 16.0 Å². The first-order valence-electron chi connectivity index (χ1n) is 6.89. The van der Waals surface area contributed by atoms with Crippen molar-refractivity contribution in [2.24, 2.45) is 16.7 Å². The number of rotatable bonds is 1. The van der Waals surface area contributed by atoms with Gasteiger partial charge in [-0.15, -0.1) is 9.24 Å². The van der Waals surface area contributed by atoms with E-state index in [0.717, 1.165) is 5.92 Å². The van der Waals surface area contributed by atoms with Crippen LogP contribution < -0.4 is 0 Å². The lowest BCUT2D eigenvalue weighted by atomic mass is 9.57. The van der Waals surface area contributed by atoms with Crippen molar-refractivity contribution in [1.82, 2.24) is 0 Å². The Labute approximate surface area is 105 Å². The third kappa shape index (κ3) is 2.47. The summed E-state index contributed by atoms with van der Waals surface area (Å²) < 4.78 is 0. The minimum Gasteiger partial charge on any atom is -0.130 e. The first-order valence-corrected chi connectivity index (χ1v) is 7.47. The van der Waals surface area contributed by atoms with Crippen LogP contribution >= 0.6 is 9.24 Å². The molecule has 0 saturated heterocycles. The van der Waals surface area contributed by atoms with Crippen LogP contribution in [0.1, 0.15) is 73.6 Å². The molecule has 0 N–H and O–H groups in total. The van der Waals surface area contributed by atoms with Gasteiger partial charge >= 0.3 is 0 Å². The van der Waals surface area contributed by atoms with E-state index in [4.69, 9.17) is 0 Å². The lowest BCUT2D eigenvalue weighted by molar-refractivity contribution is 0.0609. The molecule has 0 spiro atoms. The van der Waals surface area contributed by atoms with Crippen molar-refractivity contribution < 1.29 is 0 Å². The normalized spacial score (nSPS) is 21.2. The van der Waals surface area contributed by atoms with E-state index in [-0.39, 0.29) is 0 Å². The SMILES string of the molecule is CC(C)(C)C(P)(C1CCCCC1)C(C)(C)C. The topological polar surface area (TPSA) is 0 Å². The minimum atomic E-state index is 0.359. The quantitative estimate of drug-likeness (QED) is 0.549. The summed E-state index contributed by atoms with van der Waals surface area (Å²) in [7, 11) is 3.27. The number of hydrogen-bond acceptors (Lipinski definition) is 0. The zero-order valence-electron chi connectivity index (χ0n) is 12.2. The second kappa shape index (κ2) is 4.60. The Morgan fingerprint density at radius 1 is 0.750 bits per heavy atom. The molecule has 0 aromatic carbocycles. The highest BCUT2D eigenvalue weighted by atomic mass is 31.0. The third-order valence-corrected chi connectivity index (χ3v) is 6.93. The second-order valence-corrected chi connectivity index (χ2v) is 8.61. The van der Waals surface area contributed by atoms with E-state index in [1.54, 1.807) is 0 Å². The van der Waals surface area contributed by atoms with Crippen LogP contribution in [-0.4, -0.2) is 5.16 Å². The van der Waals surface area contributed by atoms with Gasteiger partial charge < -0.3 is 0 Å². The van der Waals surface area contributed by atoms with Gasteiger partial charge in [0.2, 0.25) is 0 Å². The molecule has 96 valence electrons. The summed E-state index contributed by atoms with van der Waals surface area (Å²) >= 11 is 0. The molecular weight excluding hydrogens is 211 g/mol. The molecule has 1 unspecified atom stereocenters. The average molecular weight is 242 g/mol. The van der Waals surface area contributed by atoms with Crippen molar-refractivity contribution in [3.05, 3.63) is 0 Å². The van der Waals surface area contributed by atoms with Gasteiger partial charge in [0, 0.05) is 0 Å². The molecule has 0 amide bonds. The molecule has 0 aliphatic heterocycles. The highest BCUT2D eigenvalue weighted by molar-refractivity contribution is 7.19. The fourth-order valence-corrected chi connectivity index (χ4v) is 4.24. The van der Waals surface area contributed by atoms with Crippen LogP contribution in [0.15, 0.2) is 0 Å². The van der Waals surface area contributed by atoms with Crippen molar-refractivity contribution in [3.8, 4) is 0 Å². The van der Waals surface area contributed by atoms with Gasteiger partial charge in [-0.25, -0.2) is 0 Å². The van der Waals surface area contributed by atoms with Gasteiger partial charge in [0.1, 0.15) is 0 Å². The summed E-state index contributed by atoms with van der Waals surface area (Å²) in [5.41, 5.74) is 0.718. The number of hydrogen-bond donors (Lipinski definition) is 0. The Bertz CT molecular complexity index is 209. The fourth-order valence-electron chi connectivity index (χ4n) is 3.91. The smallest absolute Gasteiger partial charge is 0.00255 e. The zero-order chi connectivity index (χ0) is 12.6. The molecule has 0 nitrogen and oxygen atoms in total. The van der Waals surface area contributed by atoms with Gasteiger partial charge in [0.05, 0.1) is 0 Å². The largest absolute Gasteiger partial charge is 0.130 e. The first-order chi connectivity index (χ1) is 7.11. The second-order valence-electron chi connectivity index (χ2n) is 7.70. The molecule has 1 fully saturated rings. The molecule has 0 aromatic rings. The van der Waals surface area contributed by atoms with Crippen LogP contribution in [0.4, 0.5) is 0 Å². The van der Waals surface area contributed by atoms with Gasteiger partial charge in [-0.3, -0.25) is 0 Å². The fraction of sp³-hybridized carbons (Fsp3) is 1.00. The van der Waals surface area contributed by atoms with Crippen LogP contribution in [0.3, 0.4) is 0 Å². The lowest BCUT2D eigenvalue weighted by Crippen LogP contribution is -2.53. The van der Waals surface area contributed by atoms with Gasteiger partial charge in [0.25, 0.3) is 0 Å². The van der Waals surface area contributed by atoms with Crippen LogP contribution in [0.25, 0.3) is 0 Å². The monoisotopic (exact) mass is 242 g/mol. The van der Waals surface area contributed by atoms with Crippen molar-refractivity contribution in [1.29, 1.82) is 0 Å². The predicted molar refractivity (Wildman–Crippen MR) is 77.9 cm³/mol. The summed E-state index contributed by atoms with van der Waals surface area (Å²) in [5, 5.41) is 0.362. The Morgan fingerprint density at radius 2 is 1.12 bits per heavy atom. The van der Waals surface area contributed by atoms with Crippen LogP contribution in [-0.2, 0) is 0 Å². The van der Waals surface area contributed by atoms with Gasteiger partial charge in [-0.05, 0) is 34.7 Å². The minimum absolute atomic E-state index is 0.359.